The molecule has 0 heterocycles. The molecule has 1 fully saturated rings. The lowest BCUT2D eigenvalue weighted by Crippen LogP contribution is -2.48. The van der Waals surface area contributed by atoms with E-state index in [4.69, 9.17) is 5.73 Å². The van der Waals surface area contributed by atoms with Crippen molar-refractivity contribution in [3.63, 3.8) is 0 Å². The molecule has 0 aromatic rings. The molecule has 1 saturated carbocycles. The van der Waals surface area contributed by atoms with Gasteiger partial charge in [-0.05, 0) is 26.7 Å². The Bertz CT molecular complexity index is 273. The Morgan fingerprint density at radius 3 is 2.53 bits per heavy atom. The van der Waals surface area contributed by atoms with Crippen molar-refractivity contribution in [2.45, 2.75) is 45.2 Å². The molecule has 0 aliphatic heterocycles. The van der Waals surface area contributed by atoms with E-state index in [0.717, 1.165) is 19.3 Å². The second-order valence-corrected chi connectivity index (χ2v) is 4.33. The molecule has 4 N–H and O–H groups in total. The molecule has 1 rings (SSSR count). The summed E-state index contributed by atoms with van der Waals surface area (Å²) in [4.78, 5) is 23.2. The van der Waals surface area contributed by atoms with Crippen LogP contribution in [0.2, 0.25) is 0 Å². The average molecular weight is 264 g/mol. The molecule has 0 spiro atoms. The predicted molar refractivity (Wildman–Crippen MR) is 68.9 cm³/mol. The fraction of sp³-hybridized carbons (Fsp3) is 0.818. The zero-order valence-electron chi connectivity index (χ0n) is 10.4. The molecule has 1 aliphatic rings. The molecule has 5 nitrogen and oxygen atoms in total. The maximum atomic E-state index is 11.8. The van der Waals surface area contributed by atoms with Gasteiger partial charge in [0.1, 0.15) is 6.04 Å². The van der Waals surface area contributed by atoms with E-state index in [1.165, 1.54) is 0 Å². The summed E-state index contributed by atoms with van der Waals surface area (Å²) in [5.74, 6) is -0.372. The molecule has 3 unspecified atom stereocenters. The summed E-state index contributed by atoms with van der Waals surface area (Å²) in [6.45, 7) is 4.10. The molecule has 0 bridgehead atoms. The van der Waals surface area contributed by atoms with Crippen molar-refractivity contribution >= 4 is 24.2 Å². The van der Waals surface area contributed by atoms with E-state index >= 15 is 0 Å². The zero-order valence-corrected chi connectivity index (χ0v) is 11.2. The third kappa shape index (κ3) is 4.52. The molecule has 17 heavy (non-hydrogen) atoms. The average Bonchev–Trinajstić information content (AvgIpc) is 2.64. The normalized spacial score (nSPS) is 24.6. The van der Waals surface area contributed by atoms with Gasteiger partial charge in [-0.25, -0.2) is 0 Å². The lowest BCUT2D eigenvalue weighted by Gasteiger charge is -2.18. The molecule has 0 aromatic carbocycles. The molecular formula is C11H22ClN3O2. The number of carbonyl (C=O) groups is 2. The van der Waals surface area contributed by atoms with Gasteiger partial charge in [-0.15, -0.1) is 12.4 Å². The standard InChI is InChI=1S/C11H21N3O2.ClH/c1-3-13-10(15)7(2)14-11(16)8-5-4-6-9(8)12;/h7-9H,3-6,12H2,1-2H3,(H,13,15)(H,14,16);1H. The highest BCUT2D eigenvalue weighted by Crippen LogP contribution is 2.23. The van der Waals surface area contributed by atoms with Gasteiger partial charge in [0.15, 0.2) is 0 Å². The number of likely N-dealkylation sites (N-methyl/N-ethyl adjacent to an activating group) is 1. The minimum atomic E-state index is -0.486. The largest absolute Gasteiger partial charge is 0.355 e. The number of amides is 2. The third-order valence-corrected chi connectivity index (χ3v) is 3.01. The number of hydrogen-bond donors (Lipinski definition) is 3. The summed E-state index contributed by atoms with van der Waals surface area (Å²) in [6.07, 6.45) is 2.72. The lowest BCUT2D eigenvalue weighted by molar-refractivity contribution is -0.130. The highest BCUT2D eigenvalue weighted by molar-refractivity contribution is 5.88. The van der Waals surface area contributed by atoms with Crippen molar-refractivity contribution in [1.29, 1.82) is 0 Å². The van der Waals surface area contributed by atoms with Crippen molar-refractivity contribution in [3.8, 4) is 0 Å². The molecule has 0 aromatic heterocycles. The van der Waals surface area contributed by atoms with Gasteiger partial charge in [0.05, 0.1) is 5.92 Å². The van der Waals surface area contributed by atoms with Crippen molar-refractivity contribution in [1.82, 2.24) is 10.6 Å². The SMILES string of the molecule is CCNC(=O)C(C)NC(=O)C1CCCC1N.Cl. The molecule has 0 radical (unpaired) electrons. The van der Waals surface area contributed by atoms with Crippen LogP contribution in [0, 0.1) is 5.92 Å². The van der Waals surface area contributed by atoms with Crippen LogP contribution in [0.25, 0.3) is 0 Å². The smallest absolute Gasteiger partial charge is 0.242 e. The van der Waals surface area contributed by atoms with Crippen molar-refractivity contribution in [3.05, 3.63) is 0 Å². The molecule has 1 aliphatic carbocycles. The fourth-order valence-electron chi connectivity index (χ4n) is 2.03. The number of rotatable bonds is 4. The maximum Gasteiger partial charge on any atom is 0.242 e. The van der Waals surface area contributed by atoms with Crippen LogP contribution < -0.4 is 16.4 Å². The minimum Gasteiger partial charge on any atom is -0.355 e. The van der Waals surface area contributed by atoms with Crippen LogP contribution in [-0.4, -0.2) is 30.4 Å². The fourth-order valence-corrected chi connectivity index (χ4v) is 2.03. The summed E-state index contributed by atoms with van der Waals surface area (Å²) in [5, 5.41) is 5.37. The first-order valence-electron chi connectivity index (χ1n) is 5.90. The summed E-state index contributed by atoms with van der Waals surface area (Å²) < 4.78 is 0. The van der Waals surface area contributed by atoms with E-state index in [2.05, 4.69) is 10.6 Å². The summed E-state index contributed by atoms with van der Waals surface area (Å²) in [6, 6.07) is -0.540. The van der Waals surface area contributed by atoms with E-state index in [1.54, 1.807) is 6.92 Å². The van der Waals surface area contributed by atoms with Gasteiger partial charge in [0.25, 0.3) is 0 Å². The second-order valence-electron chi connectivity index (χ2n) is 4.33. The number of hydrogen-bond acceptors (Lipinski definition) is 3. The van der Waals surface area contributed by atoms with Gasteiger partial charge in [0.2, 0.25) is 11.8 Å². The predicted octanol–water partition coefficient (Wildman–Crippen LogP) is 0.176. The number of halogens is 1. The third-order valence-electron chi connectivity index (χ3n) is 3.01. The number of nitrogens with one attached hydrogen (secondary N) is 2. The first-order chi connectivity index (χ1) is 7.56. The van der Waals surface area contributed by atoms with E-state index in [9.17, 15) is 9.59 Å². The Balaban J connectivity index is 0.00000256. The monoisotopic (exact) mass is 263 g/mol. The van der Waals surface area contributed by atoms with Crippen LogP contribution in [0.1, 0.15) is 33.1 Å². The second kappa shape index (κ2) is 7.50. The van der Waals surface area contributed by atoms with Gasteiger partial charge >= 0.3 is 0 Å². The summed E-state index contributed by atoms with van der Waals surface area (Å²) in [5.41, 5.74) is 5.83. The number of carbonyl (C=O) groups excluding carboxylic acids is 2. The van der Waals surface area contributed by atoms with Crippen molar-refractivity contribution < 1.29 is 9.59 Å². The Hall–Kier alpha value is -0.810. The van der Waals surface area contributed by atoms with E-state index < -0.39 is 6.04 Å². The van der Waals surface area contributed by atoms with Gasteiger partial charge in [-0.3, -0.25) is 9.59 Å². The maximum absolute atomic E-state index is 11.8. The van der Waals surface area contributed by atoms with Crippen molar-refractivity contribution in [2.75, 3.05) is 6.54 Å². The highest BCUT2D eigenvalue weighted by Gasteiger charge is 2.31. The number of nitrogens with two attached hydrogens (primary N) is 1. The first kappa shape index (κ1) is 16.2. The molecular weight excluding hydrogens is 242 g/mol. The first-order valence-corrected chi connectivity index (χ1v) is 5.90. The molecule has 2 amide bonds. The van der Waals surface area contributed by atoms with E-state index in [1.807, 2.05) is 6.92 Å². The zero-order chi connectivity index (χ0) is 12.1. The van der Waals surface area contributed by atoms with E-state index in [-0.39, 0.29) is 36.2 Å². The van der Waals surface area contributed by atoms with Crippen molar-refractivity contribution in [2.24, 2.45) is 11.7 Å². The summed E-state index contributed by atoms with van der Waals surface area (Å²) >= 11 is 0. The Kier molecular flexibility index (Phi) is 7.15. The molecule has 3 atom stereocenters. The quantitative estimate of drug-likeness (QED) is 0.676. The Morgan fingerprint density at radius 1 is 1.41 bits per heavy atom. The molecule has 6 heteroatoms. The minimum absolute atomic E-state index is 0. The van der Waals surface area contributed by atoms with Crippen LogP contribution in [0.5, 0.6) is 0 Å². The topological polar surface area (TPSA) is 84.2 Å². The van der Waals surface area contributed by atoms with Gasteiger partial charge in [0, 0.05) is 12.6 Å². The van der Waals surface area contributed by atoms with Crippen LogP contribution in [0.3, 0.4) is 0 Å². The van der Waals surface area contributed by atoms with Crippen LogP contribution in [0.15, 0.2) is 0 Å². The van der Waals surface area contributed by atoms with Gasteiger partial charge < -0.3 is 16.4 Å². The lowest BCUT2D eigenvalue weighted by atomic mass is 10.0. The van der Waals surface area contributed by atoms with Gasteiger partial charge in [-0.2, -0.15) is 0 Å². The van der Waals surface area contributed by atoms with E-state index in [0.29, 0.717) is 6.54 Å². The highest BCUT2D eigenvalue weighted by atomic mass is 35.5. The molecule has 100 valence electrons. The molecule has 0 saturated heterocycles. The van der Waals surface area contributed by atoms with Crippen LogP contribution in [0.4, 0.5) is 0 Å². The van der Waals surface area contributed by atoms with Crippen LogP contribution in [-0.2, 0) is 9.59 Å². The Labute approximate surface area is 108 Å². The Morgan fingerprint density at radius 2 is 2.06 bits per heavy atom. The van der Waals surface area contributed by atoms with Gasteiger partial charge in [-0.1, -0.05) is 6.42 Å². The summed E-state index contributed by atoms with van der Waals surface area (Å²) in [7, 11) is 0. The van der Waals surface area contributed by atoms with Crippen LogP contribution >= 0.6 is 12.4 Å².